The smallest absolute Gasteiger partial charge is 0.251 e. The number of hydrogen-bond donors (Lipinski definition) is 1. The SMILES string of the molecule is Cc1nnc([C@H]2CN(C(=O)Cc3cccc(Cl)c3)C[C@@H]2CNC(=O)c2ccccc2)o1. The molecule has 0 saturated carbocycles. The molecule has 0 unspecified atom stereocenters. The highest BCUT2D eigenvalue weighted by atomic mass is 35.5. The molecule has 31 heavy (non-hydrogen) atoms. The molecule has 1 aromatic heterocycles. The van der Waals surface area contributed by atoms with Crippen molar-refractivity contribution in [3.8, 4) is 0 Å². The van der Waals surface area contributed by atoms with Crippen LogP contribution in [-0.4, -0.2) is 46.5 Å². The summed E-state index contributed by atoms with van der Waals surface area (Å²) in [6, 6.07) is 16.3. The number of hydrogen-bond acceptors (Lipinski definition) is 5. The number of likely N-dealkylation sites (tertiary alicyclic amines) is 1. The highest BCUT2D eigenvalue weighted by molar-refractivity contribution is 6.30. The molecule has 7 nitrogen and oxygen atoms in total. The van der Waals surface area contributed by atoms with Gasteiger partial charge in [0.05, 0.1) is 12.3 Å². The maximum Gasteiger partial charge on any atom is 0.251 e. The summed E-state index contributed by atoms with van der Waals surface area (Å²) in [7, 11) is 0. The molecule has 2 aromatic carbocycles. The molecule has 1 aliphatic heterocycles. The Bertz CT molecular complexity index is 1070. The van der Waals surface area contributed by atoms with Crippen LogP contribution >= 0.6 is 11.6 Å². The van der Waals surface area contributed by atoms with Gasteiger partial charge >= 0.3 is 0 Å². The van der Waals surface area contributed by atoms with Gasteiger partial charge in [-0.15, -0.1) is 10.2 Å². The van der Waals surface area contributed by atoms with Gasteiger partial charge in [0.15, 0.2) is 0 Å². The van der Waals surface area contributed by atoms with Crippen LogP contribution in [0.1, 0.15) is 33.6 Å². The first kappa shape index (κ1) is 21.1. The van der Waals surface area contributed by atoms with Crippen LogP contribution < -0.4 is 5.32 Å². The Hall–Kier alpha value is -3.19. The Morgan fingerprint density at radius 1 is 1.13 bits per heavy atom. The van der Waals surface area contributed by atoms with Crippen LogP contribution in [0.5, 0.6) is 0 Å². The monoisotopic (exact) mass is 438 g/mol. The second-order valence-electron chi connectivity index (χ2n) is 7.71. The van der Waals surface area contributed by atoms with Gasteiger partial charge in [-0.3, -0.25) is 9.59 Å². The van der Waals surface area contributed by atoms with E-state index in [0.29, 0.717) is 42.0 Å². The summed E-state index contributed by atoms with van der Waals surface area (Å²) < 4.78 is 5.66. The molecule has 2 heterocycles. The third-order valence-corrected chi connectivity index (χ3v) is 5.69. The lowest BCUT2D eigenvalue weighted by Gasteiger charge is -2.17. The first-order valence-electron chi connectivity index (χ1n) is 10.1. The van der Waals surface area contributed by atoms with Crippen molar-refractivity contribution < 1.29 is 14.0 Å². The maximum atomic E-state index is 12.9. The molecule has 4 rings (SSSR count). The van der Waals surface area contributed by atoms with E-state index in [1.807, 2.05) is 30.3 Å². The molecular weight excluding hydrogens is 416 g/mol. The van der Waals surface area contributed by atoms with Gasteiger partial charge in [-0.2, -0.15) is 0 Å². The van der Waals surface area contributed by atoms with Crippen molar-refractivity contribution in [2.24, 2.45) is 5.92 Å². The number of halogens is 1. The number of rotatable bonds is 6. The van der Waals surface area contributed by atoms with Crippen molar-refractivity contribution in [1.82, 2.24) is 20.4 Å². The summed E-state index contributed by atoms with van der Waals surface area (Å²) in [4.78, 5) is 27.2. The fourth-order valence-corrected chi connectivity index (χ4v) is 4.08. The van der Waals surface area contributed by atoms with Crippen LogP contribution in [-0.2, 0) is 11.2 Å². The minimum atomic E-state index is -0.148. The second-order valence-corrected chi connectivity index (χ2v) is 8.14. The molecule has 2 atom stereocenters. The van der Waals surface area contributed by atoms with E-state index in [-0.39, 0.29) is 30.1 Å². The molecule has 1 aliphatic rings. The second kappa shape index (κ2) is 9.31. The van der Waals surface area contributed by atoms with E-state index in [2.05, 4.69) is 15.5 Å². The molecule has 8 heteroatoms. The van der Waals surface area contributed by atoms with E-state index >= 15 is 0 Å². The normalized spacial score (nSPS) is 18.2. The van der Waals surface area contributed by atoms with Crippen molar-refractivity contribution in [3.63, 3.8) is 0 Å². The number of aryl methyl sites for hydroxylation is 1. The molecule has 0 radical (unpaired) electrons. The Balaban J connectivity index is 1.46. The highest BCUT2D eigenvalue weighted by Crippen LogP contribution is 2.32. The Morgan fingerprint density at radius 2 is 1.94 bits per heavy atom. The van der Waals surface area contributed by atoms with Gasteiger partial charge in [-0.05, 0) is 29.8 Å². The van der Waals surface area contributed by atoms with E-state index in [0.717, 1.165) is 5.56 Å². The minimum Gasteiger partial charge on any atom is -0.425 e. The van der Waals surface area contributed by atoms with E-state index in [9.17, 15) is 9.59 Å². The highest BCUT2D eigenvalue weighted by Gasteiger charge is 2.39. The largest absolute Gasteiger partial charge is 0.425 e. The predicted octanol–water partition coefficient (Wildman–Crippen LogP) is 3.25. The Labute approximate surface area is 185 Å². The number of amides is 2. The van der Waals surface area contributed by atoms with Crippen LogP contribution in [0.15, 0.2) is 59.0 Å². The summed E-state index contributed by atoms with van der Waals surface area (Å²) in [6.07, 6.45) is 0.263. The van der Waals surface area contributed by atoms with Crippen molar-refractivity contribution in [3.05, 3.63) is 82.5 Å². The van der Waals surface area contributed by atoms with E-state index in [4.69, 9.17) is 16.0 Å². The van der Waals surface area contributed by atoms with Gasteiger partial charge in [-0.1, -0.05) is 41.9 Å². The van der Waals surface area contributed by atoms with Gasteiger partial charge in [-0.25, -0.2) is 0 Å². The lowest BCUT2D eigenvalue weighted by atomic mass is 9.96. The van der Waals surface area contributed by atoms with Crippen LogP contribution in [0.2, 0.25) is 5.02 Å². The van der Waals surface area contributed by atoms with Crippen LogP contribution in [0.4, 0.5) is 0 Å². The third kappa shape index (κ3) is 5.11. The predicted molar refractivity (Wildman–Crippen MR) is 116 cm³/mol. The van der Waals surface area contributed by atoms with Gasteiger partial charge in [0.2, 0.25) is 17.7 Å². The number of nitrogens with zero attached hydrogens (tertiary/aromatic N) is 3. The lowest BCUT2D eigenvalue weighted by Crippen LogP contribution is -2.34. The molecule has 0 spiro atoms. The number of nitrogens with one attached hydrogen (secondary N) is 1. The van der Waals surface area contributed by atoms with Gasteiger partial charge in [0.1, 0.15) is 0 Å². The van der Waals surface area contributed by atoms with E-state index in [1.54, 1.807) is 36.1 Å². The van der Waals surface area contributed by atoms with E-state index in [1.165, 1.54) is 0 Å². The molecule has 160 valence electrons. The topological polar surface area (TPSA) is 88.3 Å². The van der Waals surface area contributed by atoms with Crippen LogP contribution in [0, 0.1) is 12.8 Å². The van der Waals surface area contributed by atoms with Gasteiger partial charge in [0, 0.05) is 43.1 Å². The minimum absolute atomic E-state index is 0.000361. The molecule has 1 N–H and O–H groups in total. The molecule has 0 aliphatic carbocycles. The summed E-state index contributed by atoms with van der Waals surface area (Å²) in [5.41, 5.74) is 1.46. The summed E-state index contributed by atoms with van der Waals surface area (Å²) in [5, 5.41) is 11.7. The zero-order chi connectivity index (χ0) is 21.8. The summed E-state index contributed by atoms with van der Waals surface area (Å²) >= 11 is 6.05. The average Bonchev–Trinajstić information content (AvgIpc) is 3.39. The first-order valence-corrected chi connectivity index (χ1v) is 10.5. The van der Waals surface area contributed by atoms with Crippen LogP contribution in [0.3, 0.4) is 0 Å². The molecular formula is C23H23ClN4O3. The Kier molecular flexibility index (Phi) is 6.32. The fourth-order valence-electron chi connectivity index (χ4n) is 3.87. The quantitative estimate of drug-likeness (QED) is 0.638. The number of carbonyl (C=O) groups excluding carboxylic acids is 2. The van der Waals surface area contributed by atoms with Crippen LogP contribution in [0.25, 0.3) is 0 Å². The zero-order valence-electron chi connectivity index (χ0n) is 17.1. The zero-order valence-corrected chi connectivity index (χ0v) is 17.9. The Morgan fingerprint density at radius 3 is 2.65 bits per heavy atom. The first-order chi connectivity index (χ1) is 15.0. The molecule has 3 aromatic rings. The van der Waals surface area contributed by atoms with Gasteiger partial charge < -0.3 is 14.6 Å². The van der Waals surface area contributed by atoms with Crippen molar-refractivity contribution in [2.75, 3.05) is 19.6 Å². The maximum absolute atomic E-state index is 12.9. The molecule has 0 bridgehead atoms. The van der Waals surface area contributed by atoms with E-state index < -0.39 is 0 Å². The number of carbonyl (C=O) groups is 2. The average molecular weight is 439 g/mol. The molecule has 2 amide bonds. The molecule has 1 fully saturated rings. The fraction of sp³-hybridized carbons (Fsp3) is 0.304. The van der Waals surface area contributed by atoms with Crippen molar-refractivity contribution >= 4 is 23.4 Å². The third-order valence-electron chi connectivity index (χ3n) is 5.46. The van der Waals surface area contributed by atoms with Crippen molar-refractivity contribution in [1.29, 1.82) is 0 Å². The number of benzene rings is 2. The van der Waals surface area contributed by atoms with Crippen molar-refractivity contribution in [2.45, 2.75) is 19.3 Å². The van der Waals surface area contributed by atoms with Gasteiger partial charge in [0.25, 0.3) is 5.91 Å². The lowest BCUT2D eigenvalue weighted by molar-refractivity contribution is -0.129. The number of aromatic nitrogens is 2. The summed E-state index contributed by atoms with van der Waals surface area (Å²) in [6.45, 7) is 3.11. The molecule has 1 saturated heterocycles. The summed E-state index contributed by atoms with van der Waals surface area (Å²) in [5.74, 6) is 0.654. The standard InChI is InChI=1S/C23H23ClN4O3/c1-15-26-27-23(31-15)20-14-28(21(29)11-16-6-5-9-19(24)10-16)13-18(20)12-25-22(30)17-7-3-2-4-8-17/h2-10,18,20H,11-14H2,1H3,(H,25,30)/t18-,20-/m0/s1.